The van der Waals surface area contributed by atoms with Gasteiger partial charge in [0.25, 0.3) is 0 Å². The molecular weight excluding hydrogens is 246 g/mol. The normalized spacial score (nSPS) is 38.6. The largest absolute Gasteiger partial charge is 0.313 e. The van der Waals surface area contributed by atoms with Crippen molar-refractivity contribution < 1.29 is 0 Å². The molecule has 4 fully saturated rings. The first-order chi connectivity index (χ1) is 9.70. The van der Waals surface area contributed by atoms with Crippen LogP contribution in [0.1, 0.15) is 56.7 Å². The number of nitrogens with one attached hydrogen (secondary N) is 1. The lowest BCUT2D eigenvalue weighted by atomic mass is 9.48. The fraction of sp³-hybridized carbons (Fsp3) is 0.824. The second-order valence-corrected chi connectivity index (χ2v) is 7.62. The lowest BCUT2D eigenvalue weighted by Crippen LogP contribution is -2.49. The number of hydrogen-bond donors (Lipinski definition) is 1. The maximum atomic E-state index is 4.60. The third-order valence-corrected chi connectivity index (χ3v) is 6.12. The monoisotopic (exact) mass is 273 g/mol. The van der Waals surface area contributed by atoms with Crippen LogP contribution < -0.4 is 5.32 Å². The summed E-state index contributed by atoms with van der Waals surface area (Å²) in [7, 11) is 2.16. The van der Waals surface area contributed by atoms with Crippen LogP contribution in [0.3, 0.4) is 0 Å². The van der Waals surface area contributed by atoms with Gasteiger partial charge in [0.15, 0.2) is 0 Å². The first kappa shape index (κ1) is 12.9. The molecule has 110 valence electrons. The Morgan fingerprint density at radius 3 is 2.35 bits per heavy atom. The van der Waals surface area contributed by atoms with Crippen molar-refractivity contribution in [2.24, 2.45) is 24.8 Å². The van der Waals surface area contributed by atoms with E-state index < -0.39 is 0 Å². The van der Waals surface area contributed by atoms with Crippen LogP contribution >= 0.6 is 0 Å². The van der Waals surface area contributed by atoms with Crippen molar-refractivity contribution in [3.05, 3.63) is 17.5 Å². The van der Waals surface area contributed by atoms with Gasteiger partial charge in [-0.2, -0.15) is 5.10 Å². The van der Waals surface area contributed by atoms with Crippen molar-refractivity contribution >= 4 is 0 Å². The van der Waals surface area contributed by atoms with Crippen molar-refractivity contribution in [3.8, 4) is 0 Å². The van der Waals surface area contributed by atoms with Crippen LogP contribution in [0.25, 0.3) is 0 Å². The van der Waals surface area contributed by atoms with E-state index >= 15 is 0 Å². The van der Waals surface area contributed by atoms with Crippen LogP contribution in [-0.2, 0) is 19.0 Å². The number of nitrogens with zero attached hydrogens (tertiary/aromatic N) is 2. The van der Waals surface area contributed by atoms with E-state index in [1.54, 1.807) is 5.69 Å². The molecule has 0 aliphatic heterocycles. The summed E-state index contributed by atoms with van der Waals surface area (Å²) in [5.41, 5.74) is 3.49. The molecule has 5 rings (SSSR count). The molecule has 4 aliphatic rings. The third-order valence-electron chi connectivity index (χ3n) is 6.12. The second kappa shape index (κ2) is 4.59. The molecular formula is C17H27N3. The molecule has 0 aromatic carbocycles. The zero-order valence-corrected chi connectivity index (χ0v) is 12.9. The molecule has 1 N–H and O–H groups in total. The van der Waals surface area contributed by atoms with Gasteiger partial charge in [-0.05, 0) is 62.8 Å². The molecule has 1 heterocycles. The van der Waals surface area contributed by atoms with Crippen LogP contribution in [0.2, 0.25) is 0 Å². The van der Waals surface area contributed by atoms with Crippen LogP contribution in [0, 0.1) is 17.8 Å². The Kier molecular flexibility index (Phi) is 2.95. The summed E-state index contributed by atoms with van der Waals surface area (Å²) in [6, 6.07) is 0. The molecule has 0 radical (unpaired) electrons. The predicted octanol–water partition coefficient (Wildman–Crippen LogP) is 3.00. The molecule has 0 amide bonds. The van der Waals surface area contributed by atoms with Gasteiger partial charge < -0.3 is 5.32 Å². The van der Waals surface area contributed by atoms with Crippen molar-refractivity contribution in [3.63, 3.8) is 0 Å². The Labute approximate surface area is 122 Å². The quantitative estimate of drug-likeness (QED) is 0.914. The first-order valence-corrected chi connectivity index (χ1v) is 8.42. The Bertz CT molecular complexity index is 467. The molecule has 0 unspecified atom stereocenters. The fourth-order valence-electron chi connectivity index (χ4n) is 5.96. The summed E-state index contributed by atoms with van der Waals surface area (Å²) < 4.78 is 2.19. The average Bonchev–Trinajstić information content (AvgIpc) is 2.76. The number of aryl methyl sites for hydroxylation is 1. The van der Waals surface area contributed by atoms with Gasteiger partial charge in [0.05, 0.1) is 6.20 Å². The van der Waals surface area contributed by atoms with Gasteiger partial charge in [-0.15, -0.1) is 0 Å². The standard InChI is InChI=1S/C17H27N3/c1-3-18-10-15-11-19-20(2)16(15)17-7-12-4-13(8-17)6-14(5-12)9-17/h11-14,18H,3-10H2,1-2H3. The van der Waals surface area contributed by atoms with Crippen LogP contribution in [0.15, 0.2) is 6.20 Å². The Hall–Kier alpha value is -0.830. The summed E-state index contributed by atoms with van der Waals surface area (Å²) in [6.07, 6.45) is 10.9. The zero-order valence-electron chi connectivity index (χ0n) is 12.9. The highest BCUT2D eigenvalue weighted by molar-refractivity contribution is 5.30. The maximum absolute atomic E-state index is 4.60. The van der Waals surface area contributed by atoms with Crippen molar-refractivity contribution in [1.82, 2.24) is 15.1 Å². The van der Waals surface area contributed by atoms with E-state index in [-0.39, 0.29) is 0 Å². The lowest BCUT2D eigenvalue weighted by molar-refractivity contribution is -0.00932. The van der Waals surface area contributed by atoms with E-state index in [9.17, 15) is 0 Å². The van der Waals surface area contributed by atoms with Crippen molar-refractivity contribution in [1.29, 1.82) is 0 Å². The summed E-state index contributed by atoms with van der Waals surface area (Å²) in [4.78, 5) is 0. The van der Waals surface area contributed by atoms with Crippen molar-refractivity contribution in [2.75, 3.05) is 6.54 Å². The average molecular weight is 273 g/mol. The van der Waals surface area contributed by atoms with E-state index in [0.29, 0.717) is 5.41 Å². The Morgan fingerprint density at radius 2 is 1.80 bits per heavy atom. The van der Waals surface area contributed by atoms with Gasteiger partial charge in [-0.25, -0.2) is 0 Å². The molecule has 1 aromatic rings. The summed E-state index contributed by atoms with van der Waals surface area (Å²) in [5.74, 6) is 3.01. The molecule has 0 spiro atoms. The first-order valence-electron chi connectivity index (χ1n) is 8.42. The number of rotatable bonds is 4. The third kappa shape index (κ3) is 1.86. The molecule has 0 atom stereocenters. The van der Waals surface area contributed by atoms with Gasteiger partial charge in [0, 0.05) is 30.3 Å². The molecule has 4 bridgehead atoms. The summed E-state index contributed by atoms with van der Waals surface area (Å²) in [5, 5.41) is 8.10. The van der Waals surface area contributed by atoms with Crippen LogP contribution in [0.5, 0.6) is 0 Å². The molecule has 20 heavy (non-hydrogen) atoms. The summed E-state index contributed by atoms with van der Waals surface area (Å²) in [6.45, 7) is 4.21. The van der Waals surface area contributed by atoms with Crippen molar-refractivity contribution in [2.45, 2.75) is 57.4 Å². The minimum absolute atomic E-state index is 0.463. The minimum atomic E-state index is 0.463. The summed E-state index contributed by atoms with van der Waals surface area (Å²) >= 11 is 0. The van der Waals surface area contributed by atoms with E-state index in [1.807, 2.05) is 0 Å². The highest BCUT2D eigenvalue weighted by Crippen LogP contribution is 2.61. The van der Waals surface area contributed by atoms with Gasteiger partial charge in [-0.3, -0.25) is 4.68 Å². The maximum Gasteiger partial charge on any atom is 0.0537 e. The molecule has 3 nitrogen and oxygen atoms in total. The van der Waals surface area contributed by atoms with Gasteiger partial charge >= 0.3 is 0 Å². The Balaban J connectivity index is 1.71. The number of hydrogen-bond acceptors (Lipinski definition) is 2. The topological polar surface area (TPSA) is 29.9 Å². The molecule has 4 aliphatic carbocycles. The molecule has 4 saturated carbocycles. The van der Waals surface area contributed by atoms with E-state index in [1.165, 1.54) is 44.1 Å². The van der Waals surface area contributed by atoms with E-state index in [4.69, 9.17) is 0 Å². The SMILES string of the molecule is CCNCc1cnn(C)c1C12CC3CC(CC(C3)C1)C2. The van der Waals surface area contributed by atoms with Gasteiger partial charge in [0.1, 0.15) is 0 Å². The van der Waals surface area contributed by atoms with Crippen LogP contribution in [0.4, 0.5) is 0 Å². The second-order valence-electron chi connectivity index (χ2n) is 7.62. The minimum Gasteiger partial charge on any atom is -0.313 e. The highest BCUT2D eigenvalue weighted by atomic mass is 15.3. The molecule has 1 aromatic heterocycles. The lowest BCUT2D eigenvalue weighted by Gasteiger charge is -2.57. The predicted molar refractivity (Wildman–Crippen MR) is 80.4 cm³/mol. The smallest absolute Gasteiger partial charge is 0.0537 e. The van der Waals surface area contributed by atoms with E-state index in [2.05, 4.69) is 35.3 Å². The van der Waals surface area contributed by atoms with Gasteiger partial charge in [-0.1, -0.05) is 6.92 Å². The van der Waals surface area contributed by atoms with E-state index in [0.717, 1.165) is 30.8 Å². The molecule has 3 heteroatoms. The molecule has 0 saturated heterocycles. The number of aromatic nitrogens is 2. The fourth-order valence-corrected chi connectivity index (χ4v) is 5.96. The van der Waals surface area contributed by atoms with Gasteiger partial charge in [0.2, 0.25) is 0 Å². The van der Waals surface area contributed by atoms with Crippen LogP contribution in [-0.4, -0.2) is 16.3 Å². The highest BCUT2D eigenvalue weighted by Gasteiger charge is 2.53. The Morgan fingerprint density at radius 1 is 1.20 bits per heavy atom. The zero-order chi connectivity index (χ0) is 13.7.